The summed E-state index contributed by atoms with van der Waals surface area (Å²) in [6, 6.07) is 4.62. The molecule has 0 atom stereocenters. The molecule has 0 bridgehead atoms. The molecule has 1 aromatic rings. The van der Waals surface area contributed by atoms with Crippen molar-refractivity contribution in [1.29, 1.82) is 0 Å². The van der Waals surface area contributed by atoms with Crippen molar-refractivity contribution in [2.75, 3.05) is 13.1 Å². The van der Waals surface area contributed by atoms with Gasteiger partial charge in [0.2, 0.25) is 0 Å². The van der Waals surface area contributed by atoms with E-state index in [1.165, 1.54) is 17.7 Å². The second-order valence-corrected chi connectivity index (χ2v) is 6.04. The van der Waals surface area contributed by atoms with Crippen molar-refractivity contribution in [2.24, 2.45) is 11.8 Å². The maximum atomic E-state index is 13.3. The Morgan fingerprint density at radius 3 is 2.47 bits per heavy atom. The Balaban J connectivity index is 2.82. The average Bonchev–Trinajstić information content (AvgIpc) is 2.25. The fourth-order valence-corrected chi connectivity index (χ4v) is 2.03. The van der Waals surface area contributed by atoms with Gasteiger partial charge in [0.15, 0.2) is 0 Å². The average molecular weight is 284 g/mol. The van der Waals surface area contributed by atoms with Crippen LogP contribution in [0.15, 0.2) is 23.8 Å². The first-order valence-electron chi connectivity index (χ1n) is 6.75. The molecule has 1 aromatic carbocycles. The topological polar surface area (TPSA) is 12.0 Å². The SMILES string of the molecule is CC(C)CNC/C(=C/c1cc(F)cc(Cl)c1)C(C)C. The van der Waals surface area contributed by atoms with Gasteiger partial charge in [-0.15, -0.1) is 0 Å². The van der Waals surface area contributed by atoms with E-state index in [2.05, 4.69) is 33.0 Å². The van der Waals surface area contributed by atoms with E-state index in [0.717, 1.165) is 18.7 Å². The van der Waals surface area contributed by atoms with Crippen molar-refractivity contribution in [2.45, 2.75) is 27.7 Å². The van der Waals surface area contributed by atoms with Crippen LogP contribution in [-0.2, 0) is 0 Å². The Morgan fingerprint density at radius 2 is 1.95 bits per heavy atom. The van der Waals surface area contributed by atoms with Gasteiger partial charge in [0, 0.05) is 11.6 Å². The maximum Gasteiger partial charge on any atom is 0.125 e. The molecule has 0 spiro atoms. The Hall–Kier alpha value is -0.860. The van der Waals surface area contributed by atoms with Crippen LogP contribution in [0.1, 0.15) is 33.3 Å². The third-order valence-corrected chi connectivity index (χ3v) is 3.08. The first-order valence-corrected chi connectivity index (χ1v) is 7.13. The minimum atomic E-state index is -0.294. The first-order chi connectivity index (χ1) is 8.88. The molecule has 0 fully saturated rings. The maximum absolute atomic E-state index is 13.3. The molecule has 0 heterocycles. The van der Waals surface area contributed by atoms with Gasteiger partial charge in [-0.05, 0) is 42.1 Å². The molecule has 0 aromatic heterocycles. The predicted octanol–water partition coefficient (Wildman–Crippen LogP) is 4.76. The lowest BCUT2D eigenvalue weighted by atomic mass is 10.00. The van der Waals surface area contributed by atoms with Crippen LogP contribution in [0, 0.1) is 17.7 Å². The molecule has 0 amide bonds. The van der Waals surface area contributed by atoms with Gasteiger partial charge in [-0.25, -0.2) is 4.39 Å². The van der Waals surface area contributed by atoms with Gasteiger partial charge < -0.3 is 5.32 Å². The summed E-state index contributed by atoms with van der Waals surface area (Å²) < 4.78 is 13.3. The molecule has 0 unspecified atom stereocenters. The van der Waals surface area contributed by atoms with E-state index in [0.29, 0.717) is 16.9 Å². The fourth-order valence-electron chi connectivity index (χ4n) is 1.80. The van der Waals surface area contributed by atoms with Gasteiger partial charge in [-0.1, -0.05) is 50.9 Å². The number of hydrogen-bond acceptors (Lipinski definition) is 1. The molecular weight excluding hydrogens is 261 g/mol. The molecule has 19 heavy (non-hydrogen) atoms. The first kappa shape index (κ1) is 16.2. The molecule has 1 rings (SSSR count). The summed E-state index contributed by atoms with van der Waals surface area (Å²) in [7, 11) is 0. The smallest absolute Gasteiger partial charge is 0.125 e. The molecule has 0 aliphatic heterocycles. The van der Waals surface area contributed by atoms with Crippen molar-refractivity contribution in [3.8, 4) is 0 Å². The van der Waals surface area contributed by atoms with Gasteiger partial charge in [0.05, 0.1) is 0 Å². The summed E-state index contributed by atoms with van der Waals surface area (Å²) >= 11 is 5.87. The van der Waals surface area contributed by atoms with E-state index in [1.54, 1.807) is 6.07 Å². The molecule has 1 N–H and O–H groups in total. The van der Waals surface area contributed by atoms with Crippen molar-refractivity contribution < 1.29 is 4.39 Å². The number of rotatable bonds is 6. The lowest BCUT2D eigenvalue weighted by Crippen LogP contribution is -2.23. The summed E-state index contributed by atoms with van der Waals surface area (Å²) in [6.07, 6.45) is 2.02. The number of halogens is 2. The highest BCUT2D eigenvalue weighted by atomic mass is 35.5. The fraction of sp³-hybridized carbons (Fsp3) is 0.500. The third-order valence-electron chi connectivity index (χ3n) is 2.86. The van der Waals surface area contributed by atoms with E-state index in [-0.39, 0.29) is 5.82 Å². The van der Waals surface area contributed by atoms with Gasteiger partial charge in [-0.2, -0.15) is 0 Å². The lowest BCUT2D eigenvalue weighted by Gasteiger charge is -2.14. The van der Waals surface area contributed by atoms with Crippen molar-refractivity contribution in [1.82, 2.24) is 5.32 Å². The summed E-state index contributed by atoms with van der Waals surface area (Å²) in [4.78, 5) is 0. The molecule has 0 aliphatic carbocycles. The monoisotopic (exact) mass is 283 g/mol. The van der Waals surface area contributed by atoms with Gasteiger partial charge in [-0.3, -0.25) is 0 Å². The van der Waals surface area contributed by atoms with E-state index >= 15 is 0 Å². The molecular formula is C16H23ClFN. The molecule has 0 saturated heterocycles. The van der Waals surface area contributed by atoms with Crippen LogP contribution in [0.2, 0.25) is 5.02 Å². The Kier molecular flexibility index (Phi) is 6.53. The van der Waals surface area contributed by atoms with Crippen molar-refractivity contribution in [3.63, 3.8) is 0 Å². The van der Waals surface area contributed by atoms with Crippen LogP contribution < -0.4 is 5.32 Å². The zero-order valence-electron chi connectivity index (χ0n) is 12.1. The van der Waals surface area contributed by atoms with E-state index < -0.39 is 0 Å². The predicted molar refractivity (Wildman–Crippen MR) is 81.9 cm³/mol. The summed E-state index contributed by atoms with van der Waals surface area (Å²) in [5.41, 5.74) is 2.07. The van der Waals surface area contributed by atoms with E-state index in [9.17, 15) is 4.39 Å². The number of hydrogen-bond donors (Lipinski definition) is 1. The normalized spacial score (nSPS) is 12.5. The highest BCUT2D eigenvalue weighted by Crippen LogP contribution is 2.19. The van der Waals surface area contributed by atoms with Gasteiger partial charge >= 0.3 is 0 Å². The highest BCUT2D eigenvalue weighted by Gasteiger charge is 2.05. The Labute approximate surface area is 120 Å². The van der Waals surface area contributed by atoms with Gasteiger partial charge in [0.25, 0.3) is 0 Å². The van der Waals surface area contributed by atoms with Gasteiger partial charge in [0.1, 0.15) is 5.82 Å². The molecule has 3 heteroatoms. The summed E-state index contributed by atoms with van der Waals surface area (Å²) in [5.74, 6) is 0.746. The van der Waals surface area contributed by atoms with Crippen LogP contribution in [0.25, 0.3) is 6.08 Å². The minimum Gasteiger partial charge on any atom is -0.313 e. The highest BCUT2D eigenvalue weighted by molar-refractivity contribution is 6.30. The lowest BCUT2D eigenvalue weighted by molar-refractivity contribution is 0.558. The summed E-state index contributed by atoms with van der Waals surface area (Å²) in [6.45, 7) is 10.4. The molecule has 1 nitrogen and oxygen atoms in total. The second kappa shape index (κ2) is 7.66. The standard InChI is InChI=1S/C16H23ClFN/c1-11(2)9-19-10-14(12(3)4)5-13-6-15(17)8-16(18)7-13/h5-8,11-12,19H,9-10H2,1-4H3/b14-5-. The zero-order valence-corrected chi connectivity index (χ0v) is 12.9. The van der Waals surface area contributed by atoms with E-state index in [1.807, 2.05) is 6.08 Å². The van der Waals surface area contributed by atoms with Crippen molar-refractivity contribution in [3.05, 3.63) is 40.2 Å². The van der Waals surface area contributed by atoms with Crippen molar-refractivity contribution >= 4 is 17.7 Å². The molecule has 0 radical (unpaired) electrons. The second-order valence-electron chi connectivity index (χ2n) is 5.60. The molecule has 0 saturated carbocycles. The molecule has 106 valence electrons. The van der Waals surface area contributed by atoms with Crippen LogP contribution in [0.4, 0.5) is 4.39 Å². The minimum absolute atomic E-state index is 0.294. The van der Waals surface area contributed by atoms with Crippen LogP contribution in [0.5, 0.6) is 0 Å². The zero-order chi connectivity index (χ0) is 14.4. The number of nitrogens with one attached hydrogen (secondary N) is 1. The van der Waals surface area contributed by atoms with Crippen LogP contribution in [-0.4, -0.2) is 13.1 Å². The summed E-state index contributed by atoms with van der Waals surface area (Å²) in [5, 5.41) is 3.86. The quantitative estimate of drug-likeness (QED) is 0.793. The largest absolute Gasteiger partial charge is 0.313 e. The Bertz CT molecular complexity index is 418. The molecule has 0 aliphatic rings. The Morgan fingerprint density at radius 1 is 1.26 bits per heavy atom. The van der Waals surface area contributed by atoms with Crippen LogP contribution in [0.3, 0.4) is 0 Å². The third kappa shape index (κ3) is 6.22. The number of benzene rings is 1. The van der Waals surface area contributed by atoms with Crippen LogP contribution >= 0.6 is 11.6 Å². The van der Waals surface area contributed by atoms with E-state index in [4.69, 9.17) is 11.6 Å².